The lowest BCUT2D eigenvalue weighted by Crippen LogP contribution is -2.33. The van der Waals surface area contributed by atoms with Gasteiger partial charge in [0, 0.05) is 17.6 Å². The van der Waals surface area contributed by atoms with Crippen LogP contribution < -0.4 is 9.64 Å². The van der Waals surface area contributed by atoms with Gasteiger partial charge in [-0.3, -0.25) is 4.79 Å². The molecule has 1 unspecified atom stereocenters. The van der Waals surface area contributed by atoms with Gasteiger partial charge in [-0.15, -0.1) is 11.8 Å². The van der Waals surface area contributed by atoms with E-state index in [-0.39, 0.29) is 11.2 Å². The number of anilines is 1. The molecule has 0 aliphatic carbocycles. The summed E-state index contributed by atoms with van der Waals surface area (Å²) in [6, 6.07) is 17.4. The summed E-state index contributed by atoms with van der Waals surface area (Å²) in [6.45, 7) is 1.93. The van der Waals surface area contributed by atoms with E-state index < -0.39 is 0 Å². The largest absolute Gasteiger partial charge is 0.497 e. The Labute approximate surface area is 129 Å². The molecule has 2 rings (SSSR count). The number of rotatable bonds is 5. The summed E-state index contributed by atoms with van der Waals surface area (Å²) in [7, 11) is 3.45. The van der Waals surface area contributed by atoms with Crippen LogP contribution in [0, 0.1) is 0 Å². The van der Waals surface area contributed by atoms with E-state index in [0.29, 0.717) is 0 Å². The number of ether oxygens (including phenoxy) is 1. The maximum Gasteiger partial charge on any atom is 0.239 e. The first-order chi connectivity index (χ1) is 10.1. The van der Waals surface area contributed by atoms with Gasteiger partial charge in [0.15, 0.2) is 0 Å². The third-order valence-corrected chi connectivity index (χ3v) is 4.29. The Morgan fingerprint density at radius 3 is 2.29 bits per heavy atom. The van der Waals surface area contributed by atoms with Crippen molar-refractivity contribution in [1.29, 1.82) is 0 Å². The summed E-state index contributed by atoms with van der Waals surface area (Å²) in [4.78, 5) is 15.2. The Bertz CT molecular complexity index is 583. The molecule has 0 N–H and O–H groups in total. The Balaban J connectivity index is 2.01. The zero-order valence-electron chi connectivity index (χ0n) is 12.4. The highest BCUT2D eigenvalue weighted by Gasteiger charge is 2.19. The van der Waals surface area contributed by atoms with Crippen LogP contribution in [0.5, 0.6) is 5.75 Å². The Hall–Kier alpha value is -1.94. The molecule has 2 aromatic carbocycles. The van der Waals surface area contributed by atoms with Crippen LogP contribution in [-0.2, 0) is 4.79 Å². The van der Waals surface area contributed by atoms with E-state index >= 15 is 0 Å². The highest BCUT2D eigenvalue weighted by Crippen LogP contribution is 2.27. The van der Waals surface area contributed by atoms with Crippen molar-refractivity contribution in [2.24, 2.45) is 0 Å². The molecule has 0 bridgehead atoms. The van der Waals surface area contributed by atoms with Crippen LogP contribution in [0.15, 0.2) is 59.5 Å². The molecule has 0 saturated carbocycles. The monoisotopic (exact) mass is 301 g/mol. The van der Waals surface area contributed by atoms with Gasteiger partial charge >= 0.3 is 0 Å². The zero-order chi connectivity index (χ0) is 15.2. The predicted octanol–water partition coefficient (Wildman–Crippen LogP) is 3.84. The molecule has 0 aliphatic heterocycles. The zero-order valence-corrected chi connectivity index (χ0v) is 13.3. The maximum atomic E-state index is 12.5. The quantitative estimate of drug-likeness (QED) is 0.786. The van der Waals surface area contributed by atoms with Crippen LogP contribution >= 0.6 is 11.8 Å². The number of amides is 1. The fraction of sp³-hybridized carbons (Fsp3) is 0.235. The van der Waals surface area contributed by atoms with Crippen molar-refractivity contribution >= 4 is 23.4 Å². The van der Waals surface area contributed by atoms with Crippen molar-refractivity contribution in [3.63, 3.8) is 0 Å². The predicted molar refractivity (Wildman–Crippen MR) is 88.2 cm³/mol. The van der Waals surface area contributed by atoms with Crippen molar-refractivity contribution in [2.75, 3.05) is 19.1 Å². The lowest BCUT2D eigenvalue weighted by atomic mass is 10.3. The number of benzene rings is 2. The minimum atomic E-state index is -0.149. The minimum Gasteiger partial charge on any atom is -0.497 e. The fourth-order valence-electron chi connectivity index (χ4n) is 1.96. The molecular weight excluding hydrogens is 282 g/mol. The van der Waals surface area contributed by atoms with Gasteiger partial charge in [0.1, 0.15) is 5.75 Å². The van der Waals surface area contributed by atoms with Gasteiger partial charge in [0.25, 0.3) is 0 Å². The third kappa shape index (κ3) is 4.02. The van der Waals surface area contributed by atoms with Gasteiger partial charge in [-0.25, -0.2) is 0 Å². The van der Waals surface area contributed by atoms with Gasteiger partial charge in [-0.05, 0) is 43.3 Å². The van der Waals surface area contributed by atoms with Gasteiger partial charge in [-0.2, -0.15) is 0 Å². The number of para-hydroxylation sites is 1. The van der Waals surface area contributed by atoms with E-state index in [0.717, 1.165) is 16.3 Å². The standard InChI is InChI=1S/C17H19NO2S/c1-13(21-16-11-9-15(20-3)10-12-16)17(19)18(2)14-7-5-4-6-8-14/h4-13H,1-3H3. The molecule has 0 spiro atoms. The molecule has 2 aromatic rings. The summed E-state index contributed by atoms with van der Waals surface area (Å²) < 4.78 is 5.13. The number of hydrogen-bond acceptors (Lipinski definition) is 3. The molecule has 0 aliphatic rings. The number of methoxy groups -OCH3 is 1. The lowest BCUT2D eigenvalue weighted by Gasteiger charge is -2.21. The van der Waals surface area contributed by atoms with Crippen LogP contribution in [0.3, 0.4) is 0 Å². The average molecular weight is 301 g/mol. The average Bonchev–Trinajstić information content (AvgIpc) is 2.55. The normalized spacial score (nSPS) is 11.8. The van der Waals surface area contributed by atoms with E-state index in [1.807, 2.05) is 68.6 Å². The molecule has 3 nitrogen and oxygen atoms in total. The van der Waals surface area contributed by atoms with Crippen molar-refractivity contribution < 1.29 is 9.53 Å². The van der Waals surface area contributed by atoms with Gasteiger partial charge in [0.05, 0.1) is 12.4 Å². The number of hydrogen-bond donors (Lipinski definition) is 0. The van der Waals surface area contributed by atoms with Crippen molar-refractivity contribution in [3.05, 3.63) is 54.6 Å². The summed E-state index contributed by atoms with van der Waals surface area (Å²) in [5, 5.41) is -0.149. The van der Waals surface area contributed by atoms with Gasteiger partial charge in [-0.1, -0.05) is 18.2 Å². The Kier molecular flexibility index (Phi) is 5.28. The molecule has 0 radical (unpaired) electrons. The van der Waals surface area contributed by atoms with Crippen molar-refractivity contribution in [2.45, 2.75) is 17.1 Å². The van der Waals surface area contributed by atoms with E-state index in [4.69, 9.17) is 4.74 Å². The first-order valence-electron chi connectivity index (χ1n) is 6.75. The smallest absolute Gasteiger partial charge is 0.239 e. The van der Waals surface area contributed by atoms with Crippen molar-refractivity contribution in [3.8, 4) is 5.75 Å². The molecule has 0 heterocycles. The molecule has 0 saturated heterocycles. The van der Waals surface area contributed by atoms with Crippen molar-refractivity contribution in [1.82, 2.24) is 0 Å². The SMILES string of the molecule is COc1ccc(SC(C)C(=O)N(C)c2ccccc2)cc1. The van der Waals surface area contributed by atoms with E-state index in [1.165, 1.54) is 0 Å². The molecule has 1 amide bonds. The molecule has 1 atom stereocenters. The van der Waals surface area contributed by atoms with Crippen LogP contribution in [0.2, 0.25) is 0 Å². The third-order valence-electron chi connectivity index (χ3n) is 3.19. The first-order valence-corrected chi connectivity index (χ1v) is 7.63. The molecule has 110 valence electrons. The van der Waals surface area contributed by atoms with E-state index in [2.05, 4.69) is 0 Å². The molecular formula is C17H19NO2S. The second-order valence-corrected chi connectivity index (χ2v) is 6.08. The van der Waals surface area contributed by atoms with Crippen LogP contribution in [0.4, 0.5) is 5.69 Å². The Morgan fingerprint density at radius 1 is 1.10 bits per heavy atom. The number of carbonyl (C=O) groups is 1. The number of nitrogens with zero attached hydrogens (tertiary/aromatic N) is 1. The molecule has 0 fully saturated rings. The van der Waals surface area contributed by atoms with Gasteiger partial charge < -0.3 is 9.64 Å². The first kappa shape index (κ1) is 15.4. The topological polar surface area (TPSA) is 29.5 Å². The highest BCUT2D eigenvalue weighted by molar-refractivity contribution is 8.00. The summed E-state index contributed by atoms with van der Waals surface area (Å²) in [5.74, 6) is 0.904. The second kappa shape index (κ2) is 7.18. The van der Waals surface area contributed by atoms with E-state index in [9.17, 15) is 4.79 Å². The maximum absolute atomic E-state index is 12.5. The summed E-state index contributed by atoms with van der Waals surface area (Å²) >= 11 is 1.55. The second-order valence-electron chi connectivity index (χ2n) is 4.67. The highest BCUT2D eigenvalue weighted by atomic mass is 32.2. The van der Waals surface area contributed by atoms with Gasteiger partial charge in [0.2, 0.25) is 5.91 Å². The van der Waals surface area contributed by atoms with E-state index in [1.54, 1.807) is 23.8 Å². The summed E-state index contributed by atoms with van der Waals surface area (Å²) in [6.07, 6.45) is 0. The molecule has 0 aromatic heterocycles. The molecule has 4 heteroatoms. The lowest BCUT2D eigenvalue weighted by molar-refractivity contribution is -0.117. The molecule has 21 heavy (non-hydrogen) atoms. The summed E-state index contributed by atoms with van der Waals surface area (Å²) in [5.41, 5.74) is 0.907. The van der Waals surface area contributed by atoms with Crippen LogP contribution in [-0.4, -0.2) is 25.3 Å². The number of thioether (sulfide) groups is 1. The van der Waals surface area contributed by atoms with Crippen LogP contribution in [0.1, 0.15) is 6.92 Å². The minimum absolute atomic E-state index is 0.0852. The van der Waals surface area contributed by atoms with Crippen LogP contribution in [0.25, 0.3) is 0 Å². The fourth-order valence-corrected chi connectivity index (χ4v) is 2.92. The number of carbonyl (C=O) groups excluding carboxylic acids is 1. The Morgan fingerprint density at radius 2 is 1.71 bits per heavy atom.